The van der Waals surface area contributed by atoms with Gasteiger partial charge in [0, 0.05) is 20.9 Å². The van der Waals surface area contributed by atoms with Crippen molar-refractivity contribution in [2.45, 2.75) is 33.6 Å². The van der Waals surface area contributed by atoms with Crippen LogP contribution in [0.1, 0.15) is 38.6 Å². The number of nitrogens with zero attached hydrogens (tertiary/aromatic N) is 3. The van der Waals surface area contributed by atoms with Crippen molar-refractivity contribution in [3.8, 4) is 11.5 Å². The van der Waals surface area contributed by atoms with Gasteiger partial charge in [-0.1, -0.05) is 22.9 Å². The standard InChI is InChI=1S/C22H23Br2N3O3/c1-4-7-21-26-18-9-8-15(23)11-16(18)22(28)27(21)25-13-14-10-19(29-5-2)20(30-6-3)12-17(14)24/h8-13H,4-7H2,1-3H3. The van der Waals surface area contributed by atoms with E-state index in [9.17, 15) is 4.79 Å². The van der Waals surface area contributed by atoms with E-state index >= 15 is 0 Å². The fraction of sp³-hybridized carbons (Fsp3) is 0.318. The van der Waals surface area contributed by atoms with Gasteiger partial charge in [0.1, 0.15) is 5.82 Å². The molecule has 2 aromatic carbocycles. The summed E-state index contributed by atoms with van der Waals surface area (Å²) in [6, 6.07) is 9.18. The van der Waals surface area contributed by atoms with Gasteiger partial charge in [-0.15, -0.1) is 0 Å². The normalized spacial score (nSPS) is 11.4. The largest absolute Gasteiger partial charge is 0.490 e. The smallest absolute Gasteiger partial charge is 0.282 e. The summed E-state index contributed by atoms with van der Waals surface area (Å²) in [5, 5.41) is 5.00. The van der Waals surface area contributed by atoms with E-state index in [0.717, 1.165) is 20.9 Å². The Bertz CT molecular complexity index is 1140. The van der Waals surface area contributed by atoms with Crippen LogP contribution in [-0.2, 0) is 6.42 Å². The van der Waals surface area contributed by atoms with Crippen molar-refractivity contribution >= 4 is 49.0 Å². The molecule has 0 amide bonds. The predicted octanol–water partition coefficient (Wildman–Crippen LogP) is 5.55. The van der Waals surface area contributed by atoms with Gasteiger partial charge in [0.05, 0.1) is 30.3 Å². The molecule has 0 N–H and O–H groups in total. The Labute approximate surface area is 192 Å². The summed E-state index contributed by atoms with van der Waals surface area (Å²) in [5.74, 6) is 1.91. The summed E-state index contributed by atoms with van der Waals surface area (Å²) in [5.41, 5.74) is 1.23. The first kappa shape index (κ1) is 22.5. The molecule has 0 saturated heterocycles. The monoisotopic (exact) mass is 535 g/mol. The van der Waals surface area contributed by atoms with Crippen LogP contribution in [0.25, 0.3) is 10.9 Å². The molecular weight excluding hydrogens is 514 g/mol. The first-order valence-electron chi connectivity index (χ1n) is 9.83. The molecule has 6 nitrogen and oxygen atoms in total. The minimum Gasteiger partial charge on any atom is -0.490 e. The highest BCUT2D eigenvalue weighted by atomic mass is 79.9. The summed E-state index contributed by atoms with van der Waals surface area (Å²) in [6.07, 6.45) is 3.13. The SMILES string of the molecule is CCCc1nc2ccc(Br)cc2c(=O)n1N=Cc1cc(OCC)c(OCC)cc1Br. The molecule has 1 heterocycles. The molecule has 0 aliphatic rings. The Morgan fingerprint density at radius 3 is 2.43 bits per heavy atom. The number of aromatic nitrogens is 2. The van der Waals surface area contributed by atoms with Crippen LogP contribution >= 0.6 is 31.9 Å². The molecule has 0 saturated carbocycles. The minimum atomic E-state index is -0.201. The van der Waals surface area contributed by atoms with Gasteiger partial charge >= 0.3 is 0 Å². The van der Waals surface area contributed by atoms with Crippen LogP contribution < -0.4 is 15.0 Å². The zero-order valence-electron chi connectivity index (χ0n) is 17.1. The van der Waals surface area contributed by atoms with Crippen molar-refractivity contribution in [1.82, 2.24) is 9.66 Å². The Hall–Kier alpha value is -2.19. The Balaban J connectivity index is 2.11. The topological polar surface area (TPSA) is 65.7 Å². The van der Waals surface area contributed by atoms with Gasteiger partial charge in [-0.25, -0.2) is 4.98 Å². The highest BCUT2D eigenvalue weighted by molar-refractivity contribution is 9.10. The van der Waals surface area contributed by atoms with Crippen LogP contribution in [0, 0.1) is 0 Å². The first-order valence-corrected chi connectivity index (χ1v) is 11.4. The summed E-state index contributed by atoms with van der Waals surface area (Å²) in [4.78, 5) is 17.8. The molecule has 30 heavy (non-hydrogen) atoms. The molecule has 0 bridgehead atoms. The van der Waals surface area contributed by atoms with Gasteiger partial charge in [0.25, 0.3) is 5.56 Å². The second-order valence-electron chi connectivity index (χ2n) is 6.49. The number of ether oxygens (including phenoxy) is 2. The highest BCUT2D eigenvalue weighted by Crippen LogP contribution is 2.33. The van der Waals surface area contributed by atoms with Crippen molar-refractivity contribution in [3.63, 3.8) is 0 Å². The number of hydrogen-bond donors (Lipinski definition) is 0. The van der Waals surface area contributed by atoms with Crippen molar-refractivity contribution in [1.29, 1.82) is 0 Å². The van der Waals surface area contributed by atoms with Gasteiger partial charge in [0.2, 0.25) is 0 Å². The van der Waals surface area contributed by atoms with Crippen LogP contribution in [0.5, 0.6) is 11.5 Å². The maximum atomic E-state index is 13.1. The molecule has 158 valence electrons. The van der Waals surface area contributed by atoms with E-state index in [0.29, 0.717) is 47.9 Å². The number of fused-ring (bicyclic) bond motifs is 1. The third-order valence-corrected chi connectivity index (χ3v) is 5.50. The minimum absolute atomic E-state index is 0.201. The average Bonchev–Trinajstić information content (AvgIpc) is 2.71. The van der Waals surface area contributed by atoms with E-state index in [2.05, 4.69) is 41.9 Å². The average molecular weight is 537 g/mol. The molecule has 3 rings (SSSR count). The summed E-state index contributed by atoms with van der Waals surface area (Å²) in [7, 11) is 0. The van der Waals surface area contributed by atoms with E-state index in [1.807, 2.05) is 45.0 Å². The van der Waals surface area contributed by atoms with E-state index in [1.54, 1.807) is 12.3 Å². The molecule has 0 aliphatic carbocycles. The molecule has 0 radical (unpaired) electrons. The predicted molar refractivity (Wildman–Crippen MR) is 127 cm³/mol. The van der Waals surface area contributed by atoms with Gasteiger partial charge in [-0.05, 0) is 66.5 Å². The van der Waals surface area contributed by atoms with Crippen LogP contribution in [0.15, 0.2) is 49.2 Å². The van der Waals surface area contributed by atoms with E-state index < -0.39 is 0 Å². The van der Waals surface area contributed by atoms with Crippen LogP contribution in [0.4, 0.5) is 0 Å². The molecule has 0 atom stereocenters. The summed E-state index contributed by atoms with van der Waals surface area (Å²) >= 11 is 6.98. The Morgan fingerprint density at radius 1 is 1.07 bits per heavy atom. The lowest BCUT2D eigenvalue weighted by Gasteiger charge is -2.13. The van der Waals surface area contributed by atoms with Crippen LogP contribution in [-0.4, -0.2) is 29.1 Å². The maximum absolute atomic E-state index is 13.1. The van der Waals surface area contributed by atoms with Crippen molar-refractivity contribution in [2.75, 3.05) is 13.2 Å². The molecule has 1 aromatic heterocycles. The van der Waals surface area contributed by atoms with Gasteiger partial charge in [-0.2, -0.15) is 9.78 Å². The molecule has 3 aromatic rings. The zero-order chi connectivity index (χ0) is 21.7. The fourth-order valence-electron chi connectivity index (χ4n) is 3.01. The lowest BCUT2D eigenvalue weighted by Crippen LogP contribution is -2.22. The van der Waals surface area contributed by atoms with Crippen LogP contribution in [0.3, 0.4) is 0 Å². The van der Waals surface area contributed by atoms with E-state index in [1.165, 1.54) is 4.68 Å². The molecular formula is C22H23Br2N3O3. The lowest BCUT2D eigenvalue weighted by atomic mass is 10.2. The zero-order valence-corrected chi connectivity index (χ0v) is 20.3. The van der Waals surface area contributed by atoms with E-state index in [4.69, 9.17) is 9.47 Å². The van der Waals surface area contributed by atoms with Crippen molar-refractivity contribution in [3.05, 3.63) is 61.0 Å². The van der Waals surface area contributed by atoms with Crippen molar-refractivity contribution in [2.24, 2.45) is 5.10 Å². The van der Waals surface area contributed by atoms with Crippen molar-refractivity contribution < 1.29 is 9.47 Å². The van der Waals surface area contributed by atoms with Gasteiger partial charge in [0.15, 0.2) is 11.5 Å². The number of rotatable bonds is 8. The molecule has 0 aliphatic heterocycles. The highest BCUT2D eigenvalue weighted by Gasteiger charge is 2.12. The molecule has 0 spiro atoms. The maximum Gasteiger partial charge on any atom is 0.282 e. The Morgan fingerprint density at radius 2 is 1.77 bits per heavy atom. The second-order valence-corrected chi connectivity index (χ2v) is 8.26. The fourth-order valence-corrected chi connectivity index (χ4v) is 3.79. The summed E-state index contributed by atoms with van der Waals surface area (Å²) in [6.45, 7) is 6.94. The van der Waals surface area contributed by atoms with E-state index in [-0.39, 0.29) is 5.56 Å². The first-order chi connectivity index (χ1) is 14.5. The lowest BCUT2D eigenvalue weighted by molar-refractivity contribution is 0.287. The number of benzene rings is 2. The molecule has 0 unspecified atom stereocenters. The number of halogens is 2. The third-order valence-electron chi connectivity index (χ3n) is 4.32. The second kappa shape index (κ2) is 10.2. The van der Waals surface area contributed by atoms with Gasteiger partial charge < -0.3 is 9.47 Å². The molecule has 0 fully saturated rings. The quantitative estimate of drug-likeness (QED) is 0.354. The van der Waals surface area contributed by atoms with Gasteiger partial charge in [-0.3, -0.25) is 4.79 Å². The number of hydrogen-bond acceptors (Lipinski definition) is 5. The molecule has 8 heteroatoms. The van der Waals surface area contributed by atoms with Crippen LogP contribution in [0.2, 0.25) is 0 Å². The summed E-state index contributed by atoms with van der Waals surface area (Å²) < 4.78 is 14.3. The third kappa shape index (κ3) is 4.92. The Kier molecular flexibility index (Phi) is 7.66. The number of aryl methyl sites for hydroxylation is 1.